The molecule has 0 aromatic carbocycles. The molecule has 11 heavy (non-hydrogen) atoms. The molecular formula is C7H12O3S. The number of rotatable bonds is 1. The van der Waals surface area contributed by atoms with Crippen molar-refractivity contribution in [1.82, 2.24) is 0 Å². The Morgan fingerprint density at radius 2 is 1.91 bits per heavy atom. The molecule has 1 unspecified atom stereocenters. The molecular weight excluding hydrogens is 164 g/mol. The van der Waals surface area contributed by atoms with Crippen molar-refractivity contribution in [2.45, 2.75) is 37.2 Å². The lowest BCUT2D eigenvalue weighted by Gasteiger charge is -2.40. The second kappa shape index (κ2) is 2.06. The Morgan fingerprint density at radius 1 is 1.45 bits per heavy atom. The van der Waals surface area contributed by atoms with Crippen LogP contribution in [0.1, 0.15) is 27.2 Å². The standard InChI is InChI=1S/C7H12O3S/c1-5(8)6-4-7(2,3)11(6,9)10/h6H,4H2,1-3H3. The quantitative estimate of drug-likeness (QED) is 0.586. The molecule has 4 heteroatoms. The molecule has 0 saturated carbocycles. The van der Waals surface area contributed by atoms with Crippen molar-refractivity contribution in [1.29, 1.82) is 0 Å². The van der Waals surface area contributed by atoms with Crippen LogP contribution in [-0.4, -0.2) is 24.2 Å². The van der Waals surface area contributed by atoms with E-state index < -0.39 is 19.8 Å². The minimum atomic E-state index is -3.15. The van der Waals surface area contributed by atoms with Gasteiger partial charge in [-0.3, -0.25) is 4.79 Å². The van der Waals surface area contributed by atoms with Gasteiger partial charge in [-0.1, -0.05) is 0 Å². The molecule has 0 amide bonds. The van der Waals surface area contributed by atoms with Gasteiger partial charge in [0.25, 0.3) is 0 Å². The minimum absolute atomic E-state index is 0.232. The Kier molecular flexibility index (Phi) is 1.63. The van der Waals surface area contributed by atoms with Gasteiger partial charge in [0.15, 0.2) is 9.84 Å². The van der Waals surface area contributed by atoms with Crippen LogP contribution in [0.25, 0.3) is 0 Å². The highest BCUT2D eigenvalue weighted by Gasteiger charge is 2.54. The van der Waals surface area contributed by atoms with Crippen LogP contribution in [0.5, 0.6) is 0 Å². The Balaban J connectivity index is 2.96. The molecule has 1 saturated heterocycles. The fourth-order valence-electron chi connectivity index (χ4n) is 1.32. The average Bonchev–Trinajstić information content (AvgIpc) is 1.82. The molecule has 0 aliphatic carbocycles. The zero-order valence-electron chi connectivity index (χ0n) is 6.92. The molecule has 3 nitrogen and oxygen atoms in total. The van der Waals surface area contributed by atoms with Crippen molar-refractivity contribution in [3.8, 4) is 0 Å². The van der Waals surface area contributed by atoms with Crippen LogP contribution in [-0.2, 0) is 14.6 Å². The molecule has 0 N–H and O–H groups in total. The van der Waals surface area contributed by atoms with Gasteiger partial charge < -0.3 is 0 Å². The zero-order valence-corrected chi connectivity index (χ0v) is 7.73. The highest BCUT2D eigenvalue weighted by atomic mass is 32.2. The lowest BCUT2D eigenvalue weighted by molar-refractivity contribution is -0.117. The summed E-state index contributed by atoms with van der Waals surface area (Å²) in [6, 6.07) is 0. The van der Waals surface area contributed by atoms with Gasteiger partial charge in [-0.15, -0.1) is 0 Å². The van der Waals surface area contributed by atoms with Crippen molar-refractivity contribution in [2.75, 3.05) is 0 Å². The maximum atomic E-state index is 11.3. The third kappa shape index (κ3) is 1.00. The Morgan fingerprint density at radius 3 is 2.00 bits per heavy atom. The SMILES string of the molecule is CC(=O)C1CC(C)(C)S1(=O)=O. The van der Waals surface area contributed by atoms with E-state index in [1.807, 2.05) is 0 Å². The van der Waals surface area contributed by atoms with Gasteiger partial charge in [-0.25, -0.2) is 8.42 Å². The largest absolute Gasteiger partial charge is 0.299 e. The summed E-state index contributed by atoms with van der Waals surface area (Å²) in [5, 5.41) is -0.725. The van der Waals surface area contributed by atoms with E-state index in [9.17, 15) is 13.2 Å². The molecule has 1 fully saturated rings. The van der Waals surface area contributed by atoms with Crippen molar-refractivity contribution in [2.24, 2.45) is 0 Å². The fourth-order valence-corrected chi connectivity index (χ4v) is 3.27. The van der Waals surface area contributed by atoms with E-state index in [4.69, 9.17) is 0 Å². The van der Waals surface area contributed by atoms with E-state index >= 15 is 0 Å². The van der Waals surface area contributed by atoms with Crippen LogP contribution in [0.3, 0.4) is 0 Å². The van der Waals surface area contributed by atoms with Gasteiger partial charge in [0.05, 0.1) is 4.75 Å². The summed E-state index contributed by atoms with van der Waals surface area (Å²) >= 11 is 0. The van der Waals surface area contributed by atoms with Crippen LogP contribution in [0, 0.1) is 0 Å². The maximum absolute atomic E-state index is 11.3. The minimum Gasteiger partial charge on any atom is -0.299 e. The second-order valence-electron chi connectivity index (χ2n) is 3.61. The third-order valence-corrected chi connectivity index (χ3v) is 5.23. The van der Waals surface area contributed by atoms with Crippen molar-refractivity contribution < 1.29 is 13.2 Å². The number of Topliss-reactive ketones (excluding diaryl/α,β-unsaturated/α-hetero) is 1. The molecule has 0 radical (unpaired) electrons. The van der Waals surface area contributed by atoms with Gasteiger partial charge in [-0.05, 0) is 27.2 Å². The van der Waals surface area contributed by atoms with Gasteiger partial charge in [-0.2, -0.15) is 0 Å². The lowest BCUT2D eigenvalue weighted by atomic mass is 10.0. The molecule has 0 aromatic heterocycles. The summed E-state index contributed by atoms with van der Waals surface area (Å²) < 4.78 is 21.9. The molecule has 0 aromatic rings. The predicted molar refractivity (Wildman–Crippen MR) is 42.1 cm³/mol. The van der Waals surface area contributed by atoms with Crippen molar-refractivity contribution in [3.05, 3.63) is 0 Å². The van der Waals surface area contributed by atoms with E-state index in [0.717, 1.165) is 0 Å². The van der Waals surface area contributed by atoms with Gasteiger partial charge in [0.2, 0.25) is 0 Å². The van der Waals surface area contributed by atoms with Gasteiger partial charge in [0, 0.05) is 0 Å². The first-order chi connectivity index (χ1) is 4.79. The van der Waals surface area contributed by atoms with Crippen molar-refractivity contribution in [3.63, 3.8) is 0 Å². The first-order valence-electron chi connectivity index (χ1n) is 3.53. The average molecular weight is 176 g/mol. The Bertz CT molecular complexity index is 287. The topological polar surface area (TPSA) is 51.2 Å². The van der Waals surface area contributed by atoms with E-state index in [0.29, 0.717) is 6.42 Å². The first-order valence-corrected chi connectivity index (χ1v) is 5.07. The van der Waals surface area contributed by atoms with Crippen LogP contribution in [0.2, 0.25) is 0 Å². The molecule has 1 aliphatic rings. The molecule has 1 rings (SSSR count). The summed E-state index contributed by atoms with van der Waals surface area (Å²) in [5.74, 6) is -0.232. The fraction of sp³-hybridized carbons (Fsp3) is 0.857. The summed E-state index contributed by atoms with van der Waals surface area (Å²) in [7, 11) is -3.15. The van der Waals surface area contributed by atoms with Crippen LogP contribution >= 0.6 is 0 Å². The summed E-state index contributed by atoms with van der Waals surface area (Å²) in [4.78, 5) is 10.8. The first kappa shape index (κ1) is 8.71. The Labute approximate surface area is 66.7 Å². The highest BCUT2D eigenvalue weighted by Crippen LogP contribution is 2.39. The highest BCUT2D eigenvalue weighted by molar-refractivity contribution is 7.95. The number of hydrogen-bond acceptors (Lipinski definition) is 3. The number of ketones is 1. The zero-order chi connectivity index (χ0) is 8.86. The molecule has 0 spiro atoms. The number of sulfone groups is 1. The number of carbonyl (C=O) groups is 1. The molecule has 1 heterocycles. The monoisotopic (exact) mass is 176 g/mol. The van der Waals surface area contributed by atoms with Crippen LogP contribution in [0.15, 0.2) is 0 Å². The normalized spacial score (nSPS) is 32.5. The van der Waals surface area contributed by atoms with E-state index in [1.54, 1.807) is 13.8 Å². The summed E-state index contributed by atoms with van der Waals surface area (Å²) in [5.41, 5.74) is 0. The van der Waals surface area contributed by atoms with Gasteiger partial charge in [0.1, 0.15) is 11.0 Å². The molecule has 0 bridgehead atoms. The number of hydrogen-bond donors (Lipinski definition) is 0. The number of carbonyl (C=O) groups excluding carboxylic acids is 1. The molecule has 64 valence electrons. The van der Waals surface area contributed by atoms with E-state index in [1.165, 1.54) is 6.92 Å². The maximum Gasteiger partial charge on any atom is 0.165 e. The smallest absolute Gasteiger partial charge is 0.165 e. The molecule has 1 aliphatic heterocycles. The van der Waals surface area contributed by atoms with Crippen LogP contribution < -0.4 is 0 Å². The third-order valence-electron chi connectivity index (χ3n) is 2.28. The second-order valence-corrected chi connectivity index (χ2v) is 6.37. The van der Waals surface area contributed by atoms with Crippen LogP contribution in [0.4, 0.5) is 0 Å². The van der Waals surface area contributed by atoms with E-state index in [-0.39, 0.29) is 5.78 Å². The Hall–Kier alpha value is -0.380. The van der Waals surface area contributed by atoms with E-state index in [2.05, 4.69) is 0 Å². The van der Waals surface area contributed by atoms with Crippen molar-refractivity contribution >= 4 is 15.6 Å². The lowest BCUT2D eigenvalue weighted by Crippen LogP contribution is -2.56. The van der Waals surface area contributed by atoms with Gasteiger partial charge >= 0.3 is 0 Å². The molecule has 1 atom stereocenters. The predicted octanol–water partition coefficient (Wildman–Crippen LogP) is 0.541. The summed E-state index contributed by atoms with van der Waals surface area (Å²) in [6.07, 6.45) is 0.477. The summed E-state index contributed by atoms with van der Waals surface area (Å²) in [6.45, 7) is 4.64.